The molecule has 0 N–H and O–H groups in total. The molecular formula is C19H15FN4S. The molecule has 0 aliphatic carbocycles. The van der Waals surface area contributed by atoms with Gasteiger partial charge in [0.2, 0.25) is 0 Å². The number of aromatic nitrogens is 1. The fourth-order valence-corrected chi connectivity index (χ4v) is 4.08. The van der Waals surface area contributed by atoms with E-state index in [1.165, 1.54) is 23.5 Å². The highest BCUT2D eigenvalue weighted by molar-refractivity contribution is 7.10. The average Bonchev–Trinajstić information content (AvgIpc) is 3.00. The molecule has 2 unspecified atom stereocenters. The van der Waals surface area contributed by atoms with Crippen molar-refractivity contribution in [3.05, 3.63) is 74.2 Å². The predicted octanol–water partition coefficient (Wildman–Crippen LogP) is 5.42. The van der Waals surface area contributed by atoms with E-state index in [1.54, 1.807) is 6.07 Å². The lowest BCUT2D eigenvalue weighted by Gasteiger charge is -2.27. The lowest BCUT2D eigenvalue weighted by Crippen LogP contribution is -2.28. The van der Waals surface area contributed by atoms with E-state index in [0.717, 1.165) is 22.0 Å². The Morgan fingerprint density at radius 1 is 1.20 bits per heavy atom. The van der Waals surface area contributed by atoms with Crippen LogP contribution in [0.3, 0.4) is 0 Å². The molecule has 25 heavy (non-hydrogen) atoms. The first-order chi connectivity index (χ1) is 12.0. The van der Waals surface area contributed by atoms with Crippen LogP contribution in [0, 0.1) is 25.9 Å². The Hall–Kier alpha value is -2.83. The molecule has 0 fully saturated rings. The van der Waals surface area contributed by atoms with Gasteiger partial charge in [-0.1, -0.05) is 6.07 Å². The largest absolute Gasteiger partial charge is 0.306 e. The molecule has 3 rings (SSSR count). The van der Waals surface area contributed by atoms with Crippen molar-refractivity contribution in [3.8, 4) is 0 Å². The van der Waals surface area contributed by atoms with Gasteiger partial charge in [0.1, 0.15) is 10.8 Å². The minimum atomic E-state index is -0.533. The normalized spacial score (nSPS) is 20.0. The summed E-state index contributed by atoms with van der Waals surface area (Å²) < 4.78 is 13.6. The molecule has 0 saturated carbocycles. The maximum atomic E-state index is 13.6. The van der Waals surface area contributed by atoms with E-state index < -0.39 is 11.9 Å². The van der Waals surface area contributed by atoms with Gasteiger partial charge in [-0.05, 0) is 38.5 Å². The molecule has 2 aromatic rings. The van der Waals surface area contributed by atoms with Gasteiger partial charge in [-0.2, -0.15) is 0 Å². The Bertz CT molecular complexity index is 988. The summed E-state index contributed by atoms with van der Waals surface area (Å²) in [4.78, 5) is 16.4. The third-order valence-corrected chi connectivity index (χ3v) is 5.22. The molecule has 0 radical (unpaired) electrons. The van der Waals surface area contributed by atoms with Gasteiger partial charge < -0.3 is 4.85 Å². The van der Waals surface area contributed by atoms with Crippen molar-refractivity contribution in [2.24, 2.45) is 4.99 Å². The van der Waals surface area contributed by atoms with E-state index >= 15 is 0 Å². The van der Waals surface area contributed by atoms with Crippen LogP contribution in [0.15, 0.2) is 34.3 Å². The van der Waals surface area contributed by atoms with Gasteiger partial charge in [0.25, 0.3) is 6.04 Å². The zero-order valence-electron chi connectivity index (χ0n) is 14.0. The number of rotatable bonds is 2. The maximum absolute atomic E-state index is 13.6. The van der Waals surface area contributed by atoms with Crippen LogP contribution >= 0.6 is 11.3 Å². The minimum absolute atomic E-state index is 0.229. The van der Waals surface area contributed by atoms with Crippen LogP contribution in [-0.2, 0) is 0 Å². The van der Waals surface area contributed by atoms with Crippen LogP contribution < -0.4 is 0 Å². The van der Waals surface area contributed by atoms with Crippen molar-refractivity contribution in [1.29, 1.82) is 0 Å². The van der Waals surface area contributed by atoms with Crippen LogP contribution in [-0.4, -0.2) is 16.7 Å². The lowest BCUT2D eigenvalue weighted by molar-refractivity contribution is 0.627. The smallest absolute Gasteiger partial charge is 0.270 e. The fraction of sp³-hybridized carbons (Fsp3) is 0.263. The number of aliphatic imine (C=N–C) groups is 1. The molecule has 0 amide bonds. The number of hydrogen-bond acceptors (Lipinski definition) is 3. The molecule has 0 saturated heterocycles. The van der Waals surface area contributed by atoms with Crippen LogP contribution in [0.2, 0.25) is 0 Å². The summed E-state index contributed by atoms with van der Waals surface area (Å²) in [5.74, 6) is -0.840. The summed E-state index contributed by atoms with van der Waals surface area (Å²) in [6.07, 6.45) is 0. The van der Waals surface area contributed by atoms with Crippen molar-refractivity contribution in [3.63, 3.8) is 0 Å². The Morgan fingerprint density at radius 3 is 2.56 bits per heavy atom. The van der Waals surface area contributed by atoms with Crippen LogP contribution in [0.25, 0.3) is 15.3 Å². The van der Waals surface area contributed by atoms with Gasteiger partial charge in [0.05, 0.1) is 18.2 Å². The van der Waals surface area contributed by atoms with Crippen molar-refractivity contribution in [1.82, 2.24) is 4.98 Å². The second-order valence-corrected chi connectivity index (χ2v) is 6.77. The van der Waals surface area contributed by atoms with Crippen molar-refractivity contribution >= 4 is 28.3 Å². The van der Waals surface area contributed by atoms with Gasteiger partial charge in [0.15, 0.2) is 5.69 Å². The Balaban J connectivity index is 2.29. The summed E-state index contributed by atoms with van der Waals surface area (Å²) in [5, 5.41) is 2.75. The average molecular weight is 350 g/mol. The van der Waals surface area contributed by atoms with E-state index in [9.17, 15) is 4.39 Å². The summed E-state index contributed by atoms with van der Waals surface area (Å²) in [6.45, 7) is 20.7. The molecule has 1 aliphatic rings. The molecule has 1 aromatic heterocycles. The SMILES string of the molecule is [C-]#[N+]c1cc(F)ccc1C1C(c2nc(C)cs2)=C(C)N=C(C)C1[N+]#[C-]. The first-order valence-electron chi connectivity index (χ1n) is 7.68. The Morgan fingerprint density at radius 2 is 1.96 bits per heavy atom. The number of halogens is 1. The second-order valence-electron chi connectivity index (χ2n) is 5.91. The van der Waals surface area contributed by atoms with Gasteiger partial charge in [0, 0.05) is 22.3 Å². The van der Waals surface area contributed by atoms with Gasteiger partial charge >= 0.3 is 0 Å². The Labute approximate surface area is 150 Å². The second kappa shape index (κ2) is 6.58. The number of hydrogen-bond donors (Lipinski definition) is 0. The standard InChI is InChI=1S/C19H15FN4S/c1-10-9-25-19(23-10)16-11(2)24-12(3)18(22-5)17(16)14-7-6-13(20)8-15(14)21-4/h6-9,17-18H,1-3H3. The van der Waals surface area contributed by atoms with Crippen LogP contribution in [0.5, 0.6) is 0 Å². The molecule has 124 valence electrons. The summed E-state index contributed by atoms with van der Waals surface area (Å²) in [7, 11) is 0. The third-order valence-electron chi connectivity index (χ3n) is 4.23. The molecule has 0 spiro atoms. The number of benzene rings is 1. The number of allylic oxidation sites excluding steroid dienone is 1. The highest BCUT2D eigenvalue weighted by Crippen LogP contribution is 2.45. The van der Waals surface area contributed by atoms with E-state index in [1.807, 2.05) is 26.2 Å². The number of aryl methyl sites for hydroxylation is 1. The lowest BCUT2D eigenvalue weighted by atomic mass is 9.80. The molecule has 1 aliphatic heterocycles. The minimum Gasteiger partial charge on any atom is -0.306 e. The van der Waals surface area contributed by atoms with Gasteiger partial charge in [-0.3, -0.25) is 4.99 Å². The van der Waals surface area contributed by atoms with Crippen molar-refractivity contribution in [2.75, 3.05) is 0 Å². The highest BCUT2D eigenvalue weighted by atomic mass is 32.1. The van der Waals surface area contributed by atoms with E-state index in [2.05, 4.69) is 19.7 Å². The summed E-state index contributed by atoms with van der Waals surface area (Å²) in [6, 6.07) is 3.64. The first kappa shape index (κ1) is 17.0. The first-order valence-corrected chi connectivity index (χ1v) is 8.56. The molecule has 2 heterocycles. The quantitative estimate of drug-likeness (QED) is 0.666. The third kappa shape index (κ3) is 2.97. The van der Waals surface area contributed by atoms with Crippen molar-refractivity contribution < 1.29 is 4.39 Å². The van der Waals surface area contributed by atoms with E-state index in [4.69, 9.17) is 13.1 Å². The maximum Gasteiger partial charge on any atom is 0.270 e. The fourth-order valence-electron chi connectivity index (χ4n) is 3.15. The molecule has 6 heteroatoms. The zero-order valence-corrected chi connectivity index (χ0v) is 14.9. The van der Waals surface area contributed by atoms with Gasteiger partial charge in [-0.25, -0.2) is 20.8 Å². The summed E-state index contributed by atoms with van der Waals surface area (Å²) in [5.41, 5.74) is 4.11. The number of nitrogens with zero attached hydrogens (tertiary/aromatic N) is 4. The highest BCUT2D eigenvalue weighted by Gasteiger charge is 2.40. The Kier molecular flexibility index (Phi) is 4.48. The zero-order chi connectivity index (χ0) is 18.1. The predicted molar refractivity (Wildman–Crippen MR) is 98.3 cm³/mol. The van der Waals surface area contributed by atoms with E-state index in [-0.39, 0.29) is 11.6 Å². The summed E-state index contributed by atoms with van der Waals surface area (Å²) >= 11 is 1.50. The van der Waals surface area contributed by atoms with Crippen molar-refractivity contribution in [2.45, 2.75) is 32.7 Å². The molecule has 2 atom stereocenters. The molecular weight excluding hydrogens is 335 g/mol. The molecule has 0 bridgehead atoms. The van der Waals surface area contributed by atoms with Crippen LogP contribution in [0.4, 0.5) is 10.1 Å². The number of thiazole rings is 1. The monoisotopic (exact) mass is 350 g/mol. The molecule has 1 aromatic carbocycles. The van der Waals surface area contributed by atoms with E-state index in [0.29, 0.717) is 11.3 Å². The van der Waals surface area contributed by atoms with Gasteiger partial charge in [-0.15, -0.1) is 11.3 Å². The molecule has 4 nitrogen and oxygen atoms in total. The topological polar surface area (TPSA) is 34.0 Å². The van der Waals surface area contributed by atoms with Crippen LogP contribution in [0.1, 0.15) is 36.0 Å².